The molecule has 0 radical (unpaired) electrons. The maximum Gasteiger partial charge on any atom is 0.272 e. The third-order valence-corrected chi connectivity index (χ3v) is 5.51. The average Bonchev–Trinajstić information content (AvgIpc) is 3.31. The molecule has 30 heavy (non-hydrogen) atoms. The highest BCUT2D eigenvalue weighted by molar-refractivity contribution is 9.10. The van der Waals surface area contributed by atoms with Crippen molar-refractivity contribution in [2.45, 2.75) is 0 Å². The molecule has 0 atom stereocenters. The van der Waals surface area contributed by atoms with Gasteiger partial charge >= 0.3 is 0 Å². The molecule has 4 aromatic rings. The zero-order chi connectivity index (χ0) is 21.5. The van der Waals surface area contributed by atoms with E-state index in [1.807, 2.05) is 0 Å². The summed E-state index contributed by atoms with van der Waals surface area (Å²) in [7, 11) is -1.66. The van der Waals surface area contributed by atoms with E-state index in [2.05, 4.69) is 46.6 Å². The summed E-state index contributed by atoms with van der Waals surface area (Å²) >= 11 is 3.41. The number of anilines is 2. The van der Waals surface area contributed by atoms with Crippen LogP contribution < -0.4 is 10.0 Å². The van der Waals surface area contributed by atoms with Crippen LogP contribution in [0.15, 0.2) is 46.9 Å². The van der Waals surface area contributed by atoms with Gasteiger partial charge in [-0.3, -0.25) is 9.52 Å². The highest BCUT2D eigenvalue weighted by Crippen LogP contribution is 2.29. The van der Waals surface area contributed by atoms with E-state index in [1.165, 1.54) is 0 Å². The Hall–Kier alpha value is -3.25. The summed E-state index contributed by atoms with van der Waals surface area (Å²) in [6.07, 6.45) is 1.08. The van der Waals surface area contributed by atoms with Crippen LogP contribution in [0.1, 0.15) is 10.5 Å². The quantitative estimate of drug-likeness (QED) is 0.394. The number of fused-ring (bicyclic) bond motifs is 1. The molecule has 0 aliphatic carbocycles. The van der Waals surface area contributed by atoms with Crippen molar-refractivity contribution in [2.75, 3.05) is 16.3 Å². The monoisotopic (exact) mass is 489 g/mol. The molecule has 4 rings (SSSR count). The topological polar surface area (TPSA) is 135 Å². The van der Waals surface area contributed by atoms with Crippen LogP contribution in [0.3, 0.4) is 0 Å². The van der Waals surface area contributed by atoms with Crippen LogP contribution in [0.4, 0.5) is 11.4 Å². The summed E-state index contributed by atoms with van der Waals surface area (Å²) in [5.41, 5.74) is 2.70. The number of aromatic nitrogens is 5. The third-order valence-electron chi connectivity index (χ3n) is 4.41. The number of halogens is 1. The minimum absolute atomic E-state index is 0.331. The summed E-state index contributed by atoms with van der Waals surface area (Å²) in [6.45, 7) is 0. The summed E-state index contributed by atoms with van der Waals surface area (Å²) in [6, 6.07) is 12.2. The lowest BCUT2D eigenvalue weighted by Gasteiger charge is -2.10. The number of benzene rings is 2. The molecule has 12 heteroatoms. The van der Waals surface area contributed by atoms with Gasteiger partial charge in [0.05, 0.1) is 23.1 Å². The zero-order valence-corrected chi connectivity index (χ0v) is 18.2. The first-order valence-electron chi connectivity index (χ1n) is 8.63. The number of hydrogen-bond donors (Lipinski definition) is 3. The van der Waals surface area contributed by atoms with E-state index in [0.29, 0.717) is 34.0 Å². The van der Waals surface area contributed by atoms with Crippen LogP contribution in [-0.2, 0) is 17.1 Å². The first-order valence-corrected chi connectivity index (χ1v) is 11.3. The van der Waals surface area contributed by atoms with Crippen LogP contribution in [0.2, 0.25) is 0 Å². The zero-order valence-electron chi connectivity index (χ0n) is 15.8. The van der Waals surface area contributed by atoms with Gasteiger partial charge in [-0.2, -0.15) is 0 Å². The molecule has 0 unspecified atom stereocenters. The molecule has 0 spiro atoms. The SMILES string of the molecule is Cn1c(C(=O)Nc2ccc(Br)cc2-c2nnn[nH]2)cc2ccc(NS(C)(=O)=O)cc21. The standard InChI is InChI=1S/C18H16BrN7O3S/c1-26-15-9-12(23-30(2,28)29)5-3-10(15)7-16(26)18(27)20-14-6-4-11(19)8-13(14)17-21-24-25-22-17/h3-9,23H,1-2H3,(H,20,27)(H,21,22,24,25). The van der Waals surface area contributed by atoms with E-state index in [0.717, 1.165) is 16.1 Å². The van der Waals surface area contributed by atoms with Crippen molar-refractivity contribution in [1.29, 1.82) is 0 Å². The Bertz CT molecular complexity index is 1360. The van der Waals surface area contributed by atoms with Crippen LogP contribution in [0.25, 0.3) is 22.3 Å². The fraction of sp³-hybridized carbons (Fsp3) is 0.111. The summed E-state index contributed by atoms with van der Waals surface area (Å²) in [5, 5.41) is 17.5. The molecule has 0 aliphatic rings. The minimum Gasteiger partial charge on any atom is -0.340 e. The molecule has 3 N–H and O–H groups in total. The number of amides is 1. The second-order valence-corrected chi connectivity index (χ2v) is 9.29. The molecule has 0 bridgehead atoms. The lowest BCUT2D eigenvalue weighted by atomic mass is 10.1. The highest BCUT2D eigenvalue weighted by Gasteiger charge is 2.17. The van der Waals surface area contributed by atoms with Crippen molar-refractivity contribution in [1.82, 2.24) is 25.2 Å². The highest BCUT2D eigenvalue weighted by atomic mass is 79.9. The van der Waals surface area contributed by atoms with Crippen LogP contribution in [0, 0.1) is 0 Å². The van der Waals surface area contributed by atoms with Gasteiger partial charge < -0.3 is 9.88 Å². The number of aromatic amines is 1. The van der Waals surface area contributed by atoms with Crippen molar-refractivity contribution in [2.24, 2.45) is 7.05 Å². The van der Waals surface area contributed by atoms with Crippen LogP contribution in [-0.4, -0.2) is 45.8 Å². The van der Waals surface area contributed by atoms with Gasteiger partial charge in [0.1, 0.15) is 5.69 Å². The Kier molecular flexibility index (Phi) is 5.03. The average molecular weight is 490 g/mol. The van der Waals surface area contributed by atoms with Crippen LogP contribution in [0.5, 0.6) is 0 Å². The summed E-state index contributed by atoms with van der Waals surface area (Å²) < 4.78 is 27.9. The number of nitrogens with one attached hydrogen (secondary N) is 3. The van der Waals surface area contributed by atoms with Crippen molar-refractivity contribution in [3.05, 3.63) is 52.6 Å². The van der Waals surface area contributed by atoms with Gasteiger partial charge in [0.15, 0.2) is 5.82 Å². The van der Waals surface area contributed by atoms with E-state index in [1.54, 1.807) is 54.1 Å². The normalized spacial score (nSPS) is 11.6. The van der Waals surface area contributed by atoms with E-state index < -0.39 is 10.0 Å². The molecule has 1 amide bonds. The first kappa shape index (κ1) is 20.0. The summed E-state index contributed by atoms with van der Waals surface area (Å²) in [5.74, 6) is 0.0857. The number of nitrogens with zero attached hydrogens (tertiary/aromatic N) is 4. The van der Waals surface area contributed by atoms with Crippen molar-refractivity contribution in [3.8, 4) is 11.4 Å². The van der Waals surface area contributed by atoms with Gasteiger partial charge in [0.25, 0.3) is 5.91 Å². The third kappa shape index (κ3) is 4.04. The molecule has 0 aliphatic heterocycles. The fourth-order valence-corrected chi connectivity index (χ4v) is 4.02. The number of carbonyl (C=O) groups is 1. The maximum atomic E-state index is 13.0. The Balaban J connectivity index is 1.69. The van der Waals surface area contributed by atoms with Gasteiger partial charge in [-0.25, -0.2) is 13.5 Å². The number of hydrogen-bond acceptors (Lipinski definition) is 6. The Labute approximate surface area is 179 Å². The molecule has 154 valence electrons. The smallest absolute Gasteiger partial charge is 0.272 e. The molecule has 0 saturated carbocycles. The molecule has 10 nitrogen and oxygen atoms in total. The summed E-state index contributed by atoms with van der Waals surface area (Å²) in [4.78, 5) is 13.0. The second-order valence-electron chi connectivity index (χ2n) is 6.63. The minimum atomic E-state index is -3.40. The number of rotatable bonds is 5. The van der Waals surface area contributed by atoms with E-state index in [9.17, 15) is 13.2 Å². The van der Waals surface area contributed by atoms with Gasteiger partial charge in [-0.05, 0) is 46.8 Å². The van der Waals surface area contributed by atoms with E-state index >= 15 is 0 Å². The number of H-pyrrole nitrogens is 1. The van der Waals surface area contributed by atoms with Crippen molar-refractivity contribution in [3.63, 3.8) is 0 Å². The molecule has 2 heterocycles. The lowest BCUT2D eigenvalue weighted by Crippen LogP contribution is -2.16. The number of tetrazole rings is 1. The van der Waals surface area contributed by atoms with Crippen molar-refractivity contribution >= 4 is 54.1 Å². The second kappa shape index (κ2) is 7.54. The van der Waals surface area contributed by atoms with Crippen LogP contribution >= 0.6 is 15.9 Å². The molecule has 2 aromatic carbocycles. The van der Waals surface area contributed by atoms with Gasteiger partial charge in [0, 0.05) is 22.5 Å². The predicted octanol–water partition coefficient (Wildman–Crippen LogP) is 2.74. The lowest BCUT2D eigenvalue weighted by molar-refractivity contribution is 0.102. The molecule has 0 saturated heterocycles. The van der Waals surface area contributed by atoms with Gasteiger partial charge in [0.2, 0.25) is 10.0 Å². The van der Waals surface area contributed by atoms with E-state index in [-0.39, 0.29) is 5.91 Å². The number of carbonyl (C=O) groups excluding carboxylic acids is 1. The van der Waals surface area contributed by atoms with Gasteiger partial charge in [-0.1, -0.05) is 22.0 Å². The predicted molar refractivity (Wildman–Crippen MR) is 117 cm³/mol. The fourth-order valence-electron chi connectivity index (χ4n) is 3.11. The largest absolute Gasteiger partial charge is 0.340 e. The number of sulfonamides is 1. The molecule has 0 fully saturated rings. The Morgan fingerprint density at radius 1 is 1.17 bits per heavy atom. The first-order chi connectivity index (χ1) is 14.2. The molecular weight excluding hydrogens is 474 g/mol. The Morgan fingerprint density at radius 3 is 2.67 bits per heavy atom. The van der Waals surface area contributed by atoms with Crippen molar-refractivity contribution < 1.29 is 13.2 Å². The molecule has 2 aromatic heterocycles. The number of aryl methyl sites for hydroxylation is 1. The van der Waals surface area contributed by atoms with E-state index in [4.69, 9.17) is 0 Å². The molecular formula is C18H16BrN7O3S. The van der Waals surface area contributed by atoms with Gasteiger partial charge in [-0.15, -0.1) is 5.10 Å². The maximum absolute atomic E-state index is 13.0. The Morgan fingerprint density at radius 2 is 1.97 bits per heavy atom.